The highest BCUT2D eigenvalue weighted by Gasteiger charge is 2.25. The molecule has 2 aliphatic heterocycles. The Morgan fingerprint density at radius 1 is 1.05 bits per heavy atom. The molecule has 2 aliphatic rings. The third-order valence-corrected chi connectivity index (χ3v) is 9.66. The van der Waals surface area contributed by atoms with Crippen LogP contribution in [0.25, 0.3) is 10.1 Å². The SMILES string of the molecule is Cc1ccc(N2CCC(Oc3ccc4c(Cl)c(C(=O)NC5CCN(Cc6cccnc6)CC5)sc4c3)CC2)cc1. The molecule has 0 saturated carbocycles. The van der Waals surface area contributed by atoms with Gasteiger partial charge < -0.3 is 15.0 Å². The molecule has 2 aromatic heterocycles. The number of likely N-dealkylation sites (tertiary alicyclic amines) is 1. The second kappa shape index (κ2) is 12.2. The number of benzene rings is 2. The number of anilines is 1. The second-order valence-electron chi connectivity index (χ2n) is 10.9. The Labute approximate surface area is 244 Å². The molecule has 2 saturated heterocycles. The van der Waals surface area contributed by atoms with E-state index in [2.05, 4.69) is 57.4 Å². The summed E-state index contributed by atoms with van der Waals surface area (Å²) in [5, 5.41) is 4.67. The van der Waals surface area contributed by atoms with Gasteiger partial charge in [0.1, 0.15) is 16.7 Å². The first kappa shape index (κ1) is 27.1. The lowest BCUT2D eigenvalue weighted by molar-refractivity contribution is 0.0913. The van der Waals surface area contributed by atoms with Crippen LogP contribution in [0.3, 0.4) is 0 Å². The van der Waals surface area contributed by atoms with E-state index in [0.29, 0.717) is 9.90 Å². The first-order valence-electron chi connectivity index (χ1n) is 14.1. The van der Waals surface area contributed by atoms with Gasteiger partial charge in [-0.05, 0) is 61.7 Å². The van der Waals surface area contributed by atoms with Crippen molar-refractivity contribution < 1.29 is 9.53 Å². The Balaban J connectivity index is 1.03. The van der Waals surface area contributed by atoms with Crippen molar-refractivity contribution in [3.8, 4) is 5.75 Å². The molecule has 1 amide bonds. The molecule has 8 heteroatoms. The zero-order valence-electron chi connectivity index (χ0n) is 22.8. The van der Waals surface area contributed by atoms with E-state index in [4.69, 9.17) is 16.3 Å². The standard InChI is InChI=1S/C32H35ClN4O2S/c1-22-4-6-25(7-5-22)37-17-12-26(13-18-37)39-27-8-9-28-29(19-27)40-31(30(28)33)32(38)35-24-10-15-36(16-11-24)21-23-3-2-14-34-20-23/h2-9,14,19-20,24,26H,10-13,15-18,21H2,1H3,(H,35,38). The third-order valence-electron chi connectivity index (χ3n) is 8.00. The number of rotatable bonds is 7. The van der Waals surface area contributed by atoms with Gasteiger partial charge in [0.2, 0.25) is 0 Å². The maximum absolute atomic E-state index is 13.2. The van der Waals surface area contributed by atoms with Crippen LogP contribution in [0, 0.1) is 6.92 Å². The summed E-state index contributed by atoms with van der Waals surface area (Å²) in [7, 11) is 0. The molecule has 4 heterocycles. The molecule has 0 aliphatic carbocycles. The molecule has 2 aromatic carbocycles. The lowest BCUT2D eigenvalue weighted by Crippen LogP contribution is -2.44. The van der Waals surface area contributed by atoms with Crippen molar-refractivity contribution in [2.45, 2.75) is 51.3 Å². The Bertz CT molecular complexity index is 1440. The van der Waals surface area contributed by atoms with E-state index >= 15 is 0 Å². The van der Waals surface area contributed by atoms with Gasteiger partial charge in [0.05, 0.1) is 5.02 Å². The summed E-state index contributed by atoms with van der Waals surface area (Å²) < 4.78 is 7.36. The Hall–Kier alpha value is -3.13. The number of amides is 1. The molecule has 4 aromatic rings. The number of hydrogen-bond donors (Lipinski definition) is 1. The highest BCUT2D eigenvalue weighted by atomic mass is 35.5. The zero-order chi connectivity index (χ0) is 27.5. The quantitative estimate of drug-likeness (QED) is 0.266. The lowest BCUT2D eigenvalue weighted by atomic mass is 10.0. The van der Waals surface area contributed by atoms with Gasteiger partial charge in [0, 0.05) is 79.8 Å². The number of hydrogen-bond acceptors (Lipinski definition) is 6. The molecular formula is C32H35ClN4O2S. The molecule has 6 nitrogen and oxygen atoms in total. The van der Waals surface area contributed by atoms with Crippen LogP contribution < -0.4 is 15.0 Å². The molecule has 2 fully saturated rings. The largest absolute Gasteiger partial charge is 0.490 e. The van der Waals surface area contributed by atoms with Crippen LogP contribution in [-0.4, -0.2) is 54.1 Å². The molecule has 0 atom stereocenters. The molecule has 0 spiro atoms. The Morgan fingerprint density at radius 3 is 2.55 bits per heavy atom. The number of carbonyl (C=O) groups is 1. The van der Waals surface area contributed by atoms with Crippen molar-refractivity contribution in [2.75, 3.05) is 31.1 Å². The van der Waals surface area contributed by atoms with Crippen molar-refractivity contribution >= 4 is 44.6 Å². The average molecular weight is 575 g/mol. The van der Waals surface area contributed by atoms with Gasteiger partial charge in [-0.25, -0.2) is 0 Å². The first-order valence-corrected chi connectivity index (χ1v) is 15.3. The Morgan fingerprint density at radius 2 is 1.82 bits per heavy atom. The number of piperidine rings is 2. The van der Waals surface area contributed by atoms with Crippen LogP contribution in [-0.2, 0) is 6.54 Å². The van der Waals surface area contributed by atoms with Gasteiger partial charge in [-0.3, -0.25) is 14.7 Å². The summed E-state index contributed by atoms with van der Waals surface area (Å²) in [6, 6.07) is 19.0. The highest BCUT2D eigenvalue weighted by Crippen LogP contribution is 2.38. The van der Waals surface area contributed by atoms with E-state index < -0.39 is 0 Å². The van der Waals surface area contributed by atoms with E-state index in [1.807, 2.05) is 30.5 Å². The van der Waals surface area contributed by atoms with Gasteiger partial charge in [-0.1, -0.05) is 35.4 Å². The third kappa shape index (κ3) is 6.27. The monoisotopic (exact) mass is 574 g/mol. The number of nitrogens with one attached hydrogen (secondary N) is 1. The molecule has 0 unspecified atom stereocenters. The molecular weight excluding hydrogens is 540 g/mol. The van der Waals surface area contributed by atoms with Crippen LogP contribution in [0.4, 0.5) is 5.69 Å². The van der Waals surface area contributed by atoms with Gasteiger partial charge >= 0.3 is 0 Å². The summed E-state index contributed by atoms with van der Waals surface area (Å²) in [5.41, 5.74) is 3.78. The van der Waals surface area contributed by atoms with Gasteiger partial charge in [-0.2, -0.15) is 0 Å². The fraction of sp³-hybridized carbons (Fsp3) is 0.375. The van der Waals surface area contributed by atoms with Crippen molar-refractivity contribution in [2.24, 2.45) is 0 Å². The number of nitrogens with zero attached hydrogens (tertiary/aromatic N) is 3. The van der Waals surface area contributed by atoms with Crippen molar-refractivity contribution in [1.29, 1.82) is 0 Å². The first-order chi connectivity index (χ1) is 19.5. The number of aromatic nitrogens is 1. The van der Waals surface area contributed by atoms with E-state index in [0.717, 1.165) is 74.2 Å². The molecule has 6 rings (SSSR count). The maximum Gasteiger partial charge on any atom is 0.263 e. The lowest BCUT2D eigenvalue weighted by Gasteiger charge is -2.33. The summed E-state index contributed by atoms with van der Waals surface area (Å²) in [4.78, 5) is 22.8. The molecule has 0 bridgehead atoms. The number of carbonyl (C=O) groups excluding carboxylic acids is 1. The van der Waals surface area contributed by atoms with Crippen LogP contribution in [0.2, 0.25) is 5.02 Å². The maximum atomic E-state index is 13.2. The smallest absolute Gasteiger partial charge is 0.263 e. The van der Waals surface area contributed by atoms with Crippen LogP contribution in [0.5, 0.6) is 5.75 Å². The minimum absolute atomic E-state index is 0.0807. The summed E-state index contributed by atoms with van der Waals surface area (Å²) >= 11 is 8.15. The zero-order valence-corrected chi connectivity index (χ0v) is 24.4. The van der Waals surface area contributed by atoms with E-state index in [1.165, 1.54) is 28.2 Å². The number of thiophene rings is 1. The molecule has 0 radical (unpaired) electrons. The van der Waals surface area contributed by atoms with Gasteiger partial charge in [-0.15, -0.1) is 11.3 Å². The minimum Gasteiger partial charge on any atom is -0.490 e. The van der Waals surface area contributed by atoms with Crippen LogP contribution >= 0.6 is 22.9 Å². The fourth-order valence-corrected chi connectivity index (χ4v) is 7.13. The second-order valence-corrected chi connectivity index (χ2v) is 12.4. The number of pyridine rings is 1. The van der Waals surface area contributed by atoms with E-state index in [1.54, 1.807) is 6.20 Å². The Kier molecular flexibility index (Phi) is 8.23. The van der Waals surface area contributed by atoms with E-state index in [9.17, 15) is 4.79 Å². The summed E-state index contributed by atoms with van der Waals surface area (Å²) in [6.45, 7) is 6.87. The fourth-order valence-electron chi connectivity index (χ4n) is 5.68. The predicted molar refractivity (Wildman–Crippen MR) is 164 cm³/mol. The number of aryl methyl sites for hydroxylation is 1. The molecule has 40 heavy (non-hydrogen) atoms. The number of ether oxygens (including phenoxy) is 1. The molecule has 1 N–H and O–H groups in total. The van der Waals surface area contributed by atoms with Crippen molar-refractivity contribution in [3.05, 3.63) is 88.0 Å². The topological polar surface area (TPSA) is 57.7 Å². The minimum atomic E-state index is -0.0807. The van der Waals surface area contributed by atoms with Gasteiger partial charge in [0.15, 0.2) is 0 Å². The summed E-state index contributed by atoms with van der Waals surface area (Å²) in [5.74, 6) is 0.759. The average Bonchev–Trinajstić information content (AvgIpc) is 3.31. The van der Waals surface area contributed by atoms with Crippen molar-refractivity contribution in [1.82, 2.24) is 15.2 Å². The van der Waals surface area contributed by atoms with Crippen LogP contribution in [0.1, 0.15) is 46.5 Å². The van der Waals surface area contributed by atoms with E-state index in [-0.39, 0.29) is 18.1 Å². The highest BCUT2D eigenvalue weighted by molar-refractivity contribution is 7.21. The number of halogens is 1. The molecule has 208 valence electrons. The van der Waals surface area contributed by atoms with Crippen molar-refractivity contribution in [3.63, 3.8) is 0 Å². The summed E-state index contributed by atoms with van der Waals surface area (Å²) in [6.07, 6.45) is 7.71. The van der Waals surface area contributed by atoms with Gasteiger partial charge in [0.25, 0.3) is 5.91 Å². The predicted octanol–water partition coefficient (Wildman–Crippen LogP) is 6.70. The number of fused-ring (bicyclic) bond motifs is 1. The normalized spacial score (nSPS) is 17.3. The van der Waals surface area contributed by atoms with Crippen LogP contribution in [0.15, 0.2) is 67.0 Å².